The van der Waals surface area contributed by atoms with Crippen LogP contribution in [0.25, 0.3) is 0 Å². The lowest BCUT2D eigenvalue weighted by atomic mass is 10.2. The van der Waals surface area contributed by atoms with E-state index in [4.69, 9.17) is 5.14 Å². The van der Waals surface area contributed by atoms with Crippen molar-refractivity contribution in [3.05, 3.63) is 52.6 Å². The molecule has 0 saturated carbocycles. The van der Waals surface area contributed by atoms with E-state index < -0.39 is 26.9 Å². The van der Waals surface area contributed by atoms with Crippen molar-refractivity contribution in [2.24, 2.45) is 20.5 Å². The lowest BCUT2D eigenvalue weighted by Gasteiger charge is -2.13. The molecular formula is C16H14N6O6S. The molecule has 0 bridgehead atoms. The van der Waals surface area contributed by atoms with Crippen molar-refractivity contribution >= 4 is 38.7 Å². The molecule has 1 amide bonds. The van der Waals surface area contributed by atoms with Gasteiger partial charge in [0, 0.05) is 12.1 Å². The molecule has 0 radical (unpaired) electrons. The number of carbonyl (C=O) groups is 1. The van der Waals surface area contributed by atoms with Gasteiger partial charge in [0.2, 0.25) is 10.0 Å². The van der Waals surface area contributed by atoms with Gasteiger partial charge in [0.15, 0.2) is 6.04 Å². The van der Waals surface area contributed by atoms with Crippen molar-refractivity contribution in [1.29, 1.82) is 0 Å². The molecule has 0 fully saturated rings. The van der Waals surface area contributed by atoms with Gasteiger partial charge in [-0.2, -0.15) is 20.3 Å². The summed E-state index contributed by atoms with van der Waals surface area (Å²) in [5.41, 5.74) is -0.0720. The highest BCUT2D eigenvalue weighted by molar-refractivity contribution is 7.89. The molecule has 3 N–H and O–H groups in total. The fraction of sp³-hybridized carbons (Fsp3) is 0.125. The van der Waals surface area contributed by atoms with Crippen molar-refractivity contribution in [3.63, 3.8) is 0 Å². The summed E-state index contributed by atoms with van der Waals surface area (Å²) in [5.74, 6) is -0.972. The van der Waals surface area contributed by atoms with Gasteiger partial charge in [-0.1, -0.05) is 6.07 Å². The zero-order valence-corrected chi connectivity index (χ0v) is 15.6. The number of phenols is 1. The van der Waals surface area contributed by atoms with Crippen LogP contribution in [0.15, 0.2) is 62.7 Å². The Morgan fingerprint density at radius 1 is 1.28 bits per heavy atom. The summed E-state index contributed by atoms with van der Waals surface area (Å²) in [6, 6.07) is 7.40. The van der Waals surface area contributed by atoms with Crippen LogP contribution in [0.2, 0.25) is 0 Å². The largest absolute Gasteiger partial charge is 0.506 e. The number of sulfonamides is 1. The maximum atomic E-state index is 12.7. The van der Waals surface area contributed by atoms with E-state index in [1.807, 2.05) is 0 Å². The predicted octanol–water partition coefficient (Wildman–Crippen LogP) is 1.82. The van der Waals surface area contributed by atoms with Crippen LogP contribution in [0.3, 0.4) is 0 Å². The maximum absolute atomic E-state index is 12.7. The number of carbonyl (C=O) groups excluding carboxylic acids is 1. The third-order valence-corrected chi connectivity index (χ3v) is 4.85. The van der Waals surface area contributed by atoms with E-state index in [0.29, 0.717) is 0 Å². The summed E-state index contributed by atoms with van der Waals surface area (Å²) in [6.07, 6.45) is 0. The van der Waals surface area contributed by atoms with Crippen LogP contribution in [0.5, 0.6) is 5.75 Å². The number of azo groups is 1. The van der Waals surface area contributed by atoms with Crippen LogP contribution >= 0.6 is 0 Å². The molecule has 1 aliphatic heterocycles. The highest BCUT2D eigenvalue weighted by Gasteiger charge is 2.35. The summed E-state index contributed by atoms with van der Waals surface area (Å²) < 4.78 is 23.0. The van der Waals surface area contributed by atoms with Gasteiger partial charge in [-0.3, -0.25) is 14.9 Å². The summed E-state index contributed by atoms with van der Waals surface area (Å²) >= 11 is 0. The number of rotatable bonds is 5. The number of non-ortho nitro benzene ring substituents is 1. The SMILES string of the molecule is CC1=NN(c2cccc(S(N)(=O)=O)c2)C(=O)C1N=Nc1cc([N+](=O)[O-])ccc1O. The van der Waals surface area contributed by atoms with Crippen molar-refractivity contribution in [2.75, 3.05) is 5.01 Å². The van der Waals surface area contributed by atoms with Gasteiger partial charge in [-0.25, -0.2) is 13.6 Å². The monoisotopic (exact) mass is 418 g/mol. The number of benzene rings is 2. The molecule has 29 heavy (non-hydrogen) atoms. The van der Waals surface area contributed by atoms with Crippen LogP contribution in [-0.2, 0) is 14.8 Å². The first-order chi connectivity index (χ1) is 13.6. The number of nitrogens with two attached hydrogens (primary N) is 1. The van der Waals surface area contributed by atoms with Crippen LogP contribution in [0.4, 0.5) is 17.1 Å². The Hall–Kier alpha value is -3.71. The van der Waals surface area contributed by atoms with Crippen LogP contribution < -0.4 is 10.1 Å². The van der Waals surface area contributed by atoms with Crippen molar-refractivity contribution in [1.82, 2.24) is 0 Å². The Morgan fingerprint density at radius 2 is 2.00 bits per heavy atom. The van der Waals surface area contributed by atoms with E-state index in [1.165, 1.54) is 31.2 Å². The molecular weight excluding hydrogens is 404 g/mol. The summed E-state index contributed by atoms with van der Waals surface area (Å²) in [5, 5.41) is 38.3. The number of nitrogens with zero attached hydrogens (tertiary/aromatic N) is 5. The quantitative estimate of drug-likeness (QED) is 0.424. The molecule has 1 atom stereocenters. The number of nitro groups is 1. The number of nitro benzene ring substituents is 1. The molecule has 1 unspecified atom stereocenters. The van der Waals surface area contributed by atoms with Gasteiger partial charge in [-0.05, 0) is 31.2 Å². The molecule has 150 valence electrons. The molecule has 0 spiro atoms. The third kappa shape index (κ3) is 4.09. The van der Waals surface area contributed by atoms with Gasteiger partial charge in [0.1, 0.15) is 11.4 Å². The molecule has 1 aliphatic rings. The van der Waals surface area contributed by atoms with Gasteiger partial charge in [0.05, 0.1) is 21.2 Å². The van der Waals surface area contributed by atoms with Crippen LogP contribution in [-0.4, -0.2) is 36.1 Å². The van der Waals surface area contributed by atoms with Gasteiger partial charge >= 0.3 is 0 Å². The second-order valence-corrected chi connectivity index (χ2v) is 7.54. The number of anilines is 1. The number of hydrazone groups is 1. The second-order valence-electron chi connectivity index (χ2n) is 5.98. The normalized spacial score (nSPS) is 17.0. The lowest BCUT2D eigenvalue weighted by Crippen LogP contribution is -2.29. The number of phenolic OH excluding ortho intramolecular Hbond substituents is 1. The number of primary sulfonamides is 1. The molecule has 1 heterocycles. The summed E-state index contributed by atoms with van der Waals surface area (Å²) in [7, 11) is -3.97. The smallest absolute Gasteiger partial charge is 0.280 e. The third-order valence-electron chi connectivity index (χ3n) is 3.94. The fourth-order valence-corrected chi connectivity index (χ4v) is 3.05. The second kappa shape index (κ2) is 7.37. The molecule has 3 rings (SSSR count). The molecule has 13 heteroatoms. The molecule has 2 aromatic rings. The number of aromatic hydroxyl groups is 1. The molecule has 0 aliphatic carbocycles. The highest BCUT2D eigenvalue weighted by atomic mass is 32.2. The van der Waals surface area contributed by atoms with Crippen LogP contribution in [0, 0.1) is 10.1 Å². The zero-order chi connectivity index (χ0) is 21.3. The average Bonchev–Trinajstić information content (AvgIpc) is 2.94. The minimum Gasteiger partial charge on any atom is -0.506 e. The summed E-state index contributed by atoms with van der Waals surface area (Å²) in [6.45, 7) is 1.51. The molecule has 0 saturated heterocycles. The lowest BCUT2D eigenvalue weighted by molar-refractivity contribution is -0.384. The Bertz CT molecular complexity index is 1180. The van der Waals surface area contributed by atoms with Crippen molar-refractivity contribution in [2.45, 2.75) is 17.9 Å². The van der Waals surface area contributed by atoms with E-state index in [-0.39, 0.29) is 33.4 Å². The van der Waals surface area contributed by atoms with E-state index in [0.717, 1.165) is 23.2 Å². The van der Waals surface area contributed by atoms with Gasteiger partial charge in [-0.15, -0.1) is 0 Å². The Kier molecular flexibility index (Phi) is 5.09. The van der Waals surface area contributed by atoms with Crippen LogP contribution in [0.1, 0.15) is 6.92 Å². The molecule has 12 nitrogen and oxygen atoms in total. The van der Waals surface area contributed by atoms with Gasteiger partial charge < -0.3 is 5.11 Å². The standard InChI is InChI=1S/C16H14N6O6S/c1-9-15(19-18-13-8-11(22(25)26)5-6-14(13)23)16(24)21(20-9)10-3-2-4-12(7-10)29(17,27)28/h2-8,15,23H,1H3,(H2,17,27,28). The Balaban J connectivity index is 1.89. The van der Waals surface area contributed by atoms with E-state index in [2.05, 4.69) is 15.3 Å². The minimum absolute atomic E-state index is 0.164. The van der Waals surface area contributed by atoms with Crippen molar-refractivity contribution < 1.29 is 23.2 Å². The molecule has 0 aromatic heterocycles. The predicted molar refractivity (Wildman–Crippen MR) is 101 cm³/mol. The minimum atomic E-state index is -3.97. The summed E-state index contributed by atoms with van der Waals surface area (Å²) in [4.78, 5) is 22.7. The average molecular weight is 418 g/mol. The maximum Gasteiger partial charge on any atom is 0.280 e. The number of hydrogen-bond acceptors (Lipinski definition) is 9. The Labute approximate surface area is 164 Å². The first-order valence-corrected chi connectivity index (χ1v) is 9.53. The zero-order valence-electron chi connectivity index (χ0n) is 14.8. The molecule has 2 aromatic carbocycles. The topological polar surface area (TPSA) is 181 Å². The highest BCUT2D eigenvalue weighted by Crippen LogP contribution is 2.32. The first-order valence-electron chi connectivity index (χ1n) is 7.98. The first kappa shape index (κ1) is 20.0. The number of hydrogen-bond donors (Lipinski definition) is 2. The van der Waals surface area contributed by atoms with E-state index in [9.17, 15) is 28.4 Å². The Morgan fingerprint density at radius 3 is 2.66 bits per heavy atom. The van der Waals surface area contributed by atoms with Gasteiger partial charge in [0.25, 0.3) is 11.6 Å². The van der Waals surface area contributed by atoms with E-state index >= 15 is 0 Å². The van der Waals surface area contributed by atoms with E-state index in [1.54, 1.807) is 0 Å². The fourth-order valence-electron chi connectivity index (χ4n) is 2.49. The number of amides is 1. The van der Waals surface area contributed by atoms with Crippen molar-refractivity contribution in [3.8, 4) is 5.75 Å².